The number of unbranched alkanes of at least 4 members (excludes halogenated alkanes) is 1. The van der Waals surface area contributed by atoms with Gasteiger partial charge in [0, 0.05) is 12.1 Å². The van der Waals surface area contributed by atoms with Crippen LogP contribution in [0.1, 0.15) is 35.9 Å². The van der Waals surface area contributed by atoms with Crippen LogP contribution in [0, 0.1) is 0 Å². The monoisotopic (exact) mass is 225 g/mol. The van der Waals surface area contributed by atoms with Crippen LogP contribution in [-0.4, -0.2) is 24.4 Å². The first-order valence-corrected chi connectivity index (χ1v) is 5.44. The third kappa shape index (κ3) is 3.36. The lowest BCUT2D eigenvalue weighted by atomic mass is 10.2. The Morgan fingerprint density at radius 1 is 1.62 bits per heavy atom. The van der Waals surface area contributed by atoms with Crippen molar-refractivity contribution in [1.82, 2.24) is 10.3 Å². The highest BCUT2D eigenvalue weighted by Gasteiger charge is 2.15. The average molecular weight is 225 g/mol. The highest BCUT2D eigenvalue weighted by Crippen LogP contribution is 2.12. The molecule has 0 atom stereocenters. The Bertz CT molecular complexity index is 336. The fourth-order valence-corrected chi connectivity index (χ4v) is 1.52. The van der Waals surface area contributed by atoms with Gasteiger partial charge in [-0.05, 0) is 26.1 Å². The van der Waals surface area contributed by atoms with Crippen molar-refractivity contribution in [3.63, 3.8) is 0 Å². The summed E-state index contributed by atoms with van der Waals surface area (Å²) in [5, 5.41) is 0. The molecule has 5 nitrogen and oxygen atoms in total. The summed E-state index contributed by atoms with van der Waals surface area (Å²) in [4.78, 5) is 13.5. The van der Waals surface area contributed by atoms with Crippen LogP contribution < -0.4 is 11.3 Å². The highest BCUT2D eigenvalue weighted by atomic mass is 16.3. The first-order valence-electron chi connectivity index (χ1n) is 5.44. The molecule has 1 amide bonds. The molecule has 1 heterocycles. The first kappa shape index (κ1) is 12.7. The number of nitrogens with two attached hydrogens (primary N) is 1. The molecule has 0 saturated carbocycles. The van der Waals surface area contributed by atoms with Crippen molar-refractivity contribution >= 4 is 5.91 Å². The lowest BCUT2D eigenvalue weighted by Crippen LogP contribution is -2.31. The fraction of sp³-hybridized carbons (Fsp3) is 0.545. The third-order valence-electron chi connectivity index (χ3n) is 2.42. The van der Waals surface area contributed by atoms with E-state index >= 15 is 0 Å². The zero-order chi connectivity index (χ0) is 12.0. The summed E-state index contributed by atoms with van der Waals surface area (Å²) < 4.78 is 5.10. The standard InChI is InChI=1S/C11H19N3O2/c1-3-4-6-14(2)8-9-5-7-16-10(9)11(15)13-12/h5,7H,3-4,6,8,12H2,1-2H3,(H,13,15). The molecule has 5 heteroatoms. The lowest BCUT2D eigenvalue weighted by molar-refractivity contribution is 0.0923. The van der Waals surface area contributed by atoms with Gasteiger partial charge in [0.2, 0.25) is 0 Å². The van der Waals surface area contributed by atoms with Crippen molar-refractivity contribution in [2.24, 2.45) is 5.84 Å². The first-order chi connectivity index (χ1) is 7.69. The number of nitrogens with one attached hydrogen (secondary N) is 1. The van der Waals surface area contributed by atoms with Crippen LogP contribution in [0.2, 0.25) is 0 Å². The Morgan fingerprint density at radius 2 is 2.38 bits per heavy atom. The molecule has 0 fully saturated rings. The summed E-state index contributed by atoms with van der Waals surface area (Å²) in [5.41, 5.74) is 2.94. The fourth-order valence-electron chi connectivity index (χ4n) is 1.52. The Balaban J connectivity index is 2.59. The molecule has 0 unspecified atom stereocenters. The van der Waals surface area contributed by atoms with E-state index in [4.69, 9.17) is 10.3 Å². The number of furan rings is 1. The number of nitrogen functional groups attached to an aromatic ring is 1. The SMILES string of the molecule is CCCCN(C)Cc1ccoc1C(=O)NN. The van der Waals surface area contributed by atoms with E-state index in [2.05, 4.69) is 17.2 Å². The molecule has 0 aromatic carbocycles. The largest absolute Gasteiger partial charge is 0.459 e. The van der Waals surface area contributed by atoms with Crippen molar-refractivity contribution < 1.29 is 9.21 Å². The van der Waals surface area contributed by atoms with E-state index in [1.54, 1.807) is 6.07 Å². The molecule has 3 N–H and O–H groups in total. The highest BCUT2D eigenvalue weighted by molar-refractivity contribution is 5.92. The molecule has 0 saturated heterocycles. The summed E-state index contributed by atoms with van der Waals surface area (Å²) in [6, 6.07) is 1.80. The minimum absolute atomic E-state index is 0.297. The number of carbonyl (C=O) groups is 1. The normalized spacial score (nSPS) is 10.8. The second-order valence-corrected chi connectivity index (χ2v) is 3.84. The molecule has 0 aliphatic carbocycles. The summed E-state index contributed by atoms with van der Waals surface area (Å²) in [7, 11) is 2.02. The van der Waals surface area contributed by atoms with Gasteiger partial charge in [-0.25, -0.2) is 5.84 Å². The Labute approximate surface area is 95.6 Å². The number of amides is 1. The second kappa shape index (κ2) is 6.30. The maximum atomic E-state index is 11.3. The number of hydrazine groups is 1. The molecule has 0 aliphatic heterocycles. The number of hydrogen-bond donors (Lipinski definition) is 2. The van der Waals surface area contributed by atoms with Crippen LogP contribution >= 0.6 is 0 Å². The van der Waals surface area contributed by atoms with E-state index < -0.39 is 0 Å². The molecule has 0 aliphatic rings. The predicted molar refractivity (Wildman–Crippen MR) is 61.6 cm³/mol. The molecule has 1 rings (SSSR count). The van der Waals surface area contributed by atoms with E-state index in [0.29, 0.717) is 12.3 Å². The molecule has 0 spiro atoms. The van der Waals surface area contributed by atoms with Crippen molar-refractivity contribution in [3.05, 3.63) is 23.7 Å². The van der Waals surface area contributed by atoms with Gasteiger partial charge in [-0.15, -0.1) is 0 Å². The average Bonchev–Trinajstić information content (AvgIpc) is 2.73. The smallest absolute Gasteiger partial charge is 0.301 e. The second-order valence-electron chi connectivity index (χ2n) is 3.84. The lowest BCUT2D eigenvalue weighted by Gasteiger charge is -2.15. The number of carbonyl (C=O) groups excluding carboxylic acids is 1. The maximum Gasteiger partial charge on any atom is 0.301 e. The predicted octanol–water partition coefficient (Wildman–Crippen LogP) is 1.11. The van der Waals surface area contributed by atoms with Crippen LogP contribution in [0.15, 0.2) is 16.7 Å². The van der Waals surface area contributed by atoms with Crippen molar-refractivity contribution in [3.8, 4) is 0 Å². The number of nitrogens with zero attached hydrogens (tertiary/aromatic N) is 1. The van der Waals surface area contributed by atoms with E-state index in [1.165, 1.54) is 6.26 Å². The van der Waals surface area contributed by atoms with Gasteiger partial charge in [0.25, 0.3) is 0 Å². The van der Waals surface area contributed by atoms with Crippen LogP contribution in [0.25, 0.3) is 0 Å². The maximum absolute atomic E-state index is 11.3. The minimum atomic E-state index is -0.385. The topological polar surface area (TPSA) is 71.5 Å². The summed E-state index contributed by atoms with van der Waals surface area (Å²) in [6.45, 7) is 3.85. The van der Waals surface area contributed by atoms with Crippen LogP contribution in [0.3, 0.4) is 0 Å². The van der Waals surface area contributed by atoms with Gasteiger partial charge < -0.3 is 9.32 Å². The van der Waals surface area contributed by atoms with Crippen LogP contribution in [-0.2, 0) is 6.54 Å². The Morgan fingerprint density at radius 3 is 3.00 bits per heavy atom. The van der Waals surface area contributed by atoms with Gasteiger partial charge in [-0.2, -0.15) is 0 Å². The van der Waals surface area contributed by atoms with Crippen LogP contribution in [0.5, 0.6) is 0 Å². The zero-order valence-electron chi connectivity index (χ0n) is 9.82. The van der Waals surface area contributed by atoms with Gasteiger partial charge in [0.15, 0.2) is 5.76 Å². The zero-order valence-corrected chi connectivity index (χ0v) is 9.82. The Hall–Kier alpha value is -1.33. The van der Waals surface area contributed by atoms with E-state index in [1.807, 2.05) is 7.05 Å². The molecule has 0 radical (unpaired) electrons. The molecule has 16 heavy (non-hydrogen) atoms. The molecular formula is C11H19N3O2. The minimum Gasteiger partial charge on any atom is -0.459 e. The summed E-state index contributed by atoms with van der Waals surface area (Å²) in [5.74, 6) is 4.98. The van der Waals surface area contributed by atoms with Gasteiger partial charge in [-0.1, -0.05) is 13.3 Å². The molecular weight excluding hydrogens is 206 g/mol. The van der Waals surface area contributed by atoms with Crippen molar-refractivity contribution in [1.29, 1.82) is 0 Å². The van der Waals surface area contributed by atoms with Crippen molar-refractivity contribution in [2.75, 3.05) is 13.6 Å². The Kier molecular flexibility index (Phi) is 5.01. The van der Waals surface area contributed by atoms with E-state index in [9.17, 15) is 4.79 Å². The van der Waals surface area contributed by atoms with E-state index in [0.717, 1.165) is 24.9 Å². The third-order valence-corrected chi connectivity index (χ3v) is 2.42. The molecule has 1 aromatic rings. The molecule has 0 bridgehead atoms. The van der Waals surface area contributed by atoms with Gasteiger partial charge in [-0.3, -0.25) is 10.2 Å². The number of hydrogen-bond acceptors (Lipinski definition) is 4. The van der Waals surface area contributed by atoms with Gasteiger partial charge >= 0.3 is 5.91 Å². The molecule has 90 valence electrons. The van der Waals surface area contributed by atoms with Crippen LogP contribution in [0.4, 0.5) is 0 Å². The van der Waals surface area contributed by atoms with Gasteiger partial charge in [0.05, 0.1) is 6.26 Å². The molecule has 1 aromatic heterocycles. The summed E-state index contributed by atoms with van der Waals surface area (Å²) in [6.07, 6.45) is 3.81. The van der Waals surface area contributed by atoms with Crippen molar-refractivity contribution in [2.45, 2.75) is 26.3 Å². The number of rotatable bonds is 6. The summed E-state index contributed by atoms with van der Waals surface area (Å²) >= 11 is 0. The quantitative estimate of drug-likeness (QED) is 0.432. The van der Waals surface area contributed by atoms with E-state index in [-0.39, 0.29) is 5.91 Å². The van der Waals surface area contributed by atoms with Gasteiger partial charge in [0.1, 0.15) is 0 Å².